The third-order valence-electron chi connectivity index (χ3n) is 3.50. The van der Waals surface area contributed by atoms with Gasteiger partial charge in [-0.25, -0.2) is 4.39 Å². The monoisotopic (exact) mass is 267 g/mol. The third kappa shape index (κ3) is 3.34. The number of nitrogens with zero attached hydrogens (tertiary/aromatic N) is 1. The standard InChI is InChI=1S/C12H17BFNO2.C2H6/c1-11(2)12(3,4)17-13(16-11)9-5-6-15-10(7-9)8-14;1-2/h5-7H,8H2,1-4H3;1-2H3. The van der Waals surface area contributed by atoms with Crippen LogP contribution in [-0.2, 0) is 16.0 Å². The number of alkyl halides is 1. The van der Waals surface area contributed by atoms with Crippen molar-refractivity contribution in [2.24, 2.45) is 0 Å². The Kier molecular flexibility index (Phi) is 5.10. The topological polar surface area (TPSA) is 31.4 Å². The number of hydrogen-bond donors (Lipinski definition) is 0. The molecule has 2 heterocycles. The van der Waals surface area contributed by atoms with E-state index in [2.05, 4.69) is 4.98 Å². The van der Waals surface area contributed by atoms with E-state index in [-0.39, 0.29) is 11.2 Å². The molecule has 1 aliphatic heterocycles. The van der Waals surface area contributed by atoms with Crippen molar-refractivity contribution < 1.29 is 13.7 Å². The third-order valence-corrected chi connectivity index (χ3v) is 3.50. The van der Waals surface area contributed by atoms with Crippen molar-refractivity contribution in [3.63, 3.8) is 0 Å². The van der Waals surface area contributed by atoms with E-state index in [1.165, 1.54) is 0 Å². The molecule has 106 valence electrons. The Hall–Kier alpha value is -0.935. The van der Waals surface area contributed by atoms with Gasteiger partial charge in [0.2, 0.25) is 0 Å². The molecule has 0 saturated carbocycles. The van der Waals surface area contributed by atoms with Crippen molar-refractivity contribution in [2.75, 3.05) is 0 Å². The van der Waals surface area contributed by atoms with Crippen LogP contribution >= 0.6 is 0 Å². The number of pyridine rings is 1. The molecule has 0 unspecified atom stereocenters. The molecule has 5 heteroatoms. The highest BCUT2D eigenvalue weighted by Crippen LogP contribution is 2.36. The average Bonchev–Trinajstić information content (AvgIpc) is 2.61. The maximum absolute atomic E-state index is 12.6. The van der Waals surface area contributed by atoms with Crippen LogP contribution in [0.2, 0.25) is 0 Å². The van der Waals surface area contributed by atoms with Gasteiger partial charge in [0.15, 0.2) is 0 Å². The quantitative estimate of drug-likeness (QED) is 0.772. The van der Waals surface area contributed by atoms with Crippen LogP contribution in [0.15, 0.2) is 18.3 Å². The zero-order chi connectivity index (χ0) is 14.7. The molecule has 1 aromatic heterocycles. The zero-order valence-corrected chi connectivity index (χ0v) is 12.7. The molecule has 0 N–H and O–H groups in total. The molecule has 0 radical (unpaired) electrons. The molecule has 0 bridgehead atoms. The number of hydrogen-bond acceptors (Lipinski definition) is 3. The van der Waals surface area contributed by atoms with Gasteiger partial charge in [-0.1, -0.05) is 13.8 Å². The maximum atomic E-state index is 12.6. The van der Waals surface area contributed by atoms with Crippen LogP contribution in [0.4, 0.5) is 4.39 Å². The van der Waals surface area contributed by atoms with Crippen molar-refractivity contribution in [1.82, 2.24) is 4.98 Å². The van der Waals surface area contributed by atoms with Crippen molar-refractivity contribution in [2.45, 2.75) is 59.4 Å². The van der Waals surface area contributed by atoms with E-state index in [1.54, 1.807) is 18.3 Å². The van der Waals surface area contributed by atoms with E-state index in [0.29, 0.717) is 5.69 Å². The Morgan fingerprint density at radius 2 is 1.68 bits per heavy atom. The molecular weight excluding hydrogens is 244 g/mol. The maximum Gasteiger partial charge on any atom is 0.494 e. The molecule has 2 rings (SSSR count). The van der Waals surface area contributed by atoms with Gasteiger partial charge in [-0.05, 0) is 45.3 Å². The van der Waals surface area contributed by atoms with Gasteiger partial charge in [-0.3, -0.25) is 4.98 Å². The first kappa shape index (κ1) is 16.1. The summed E-state index contributed by atoms with van der Waals surface area (Å²) in [6.45, 7) is 11.4. The SMILES string of the molecule is CC.CC1(C)OB(c2ccnc(CF)c2)OC1(C)C. The number of halogens is 1. The average molecular weight is 267 g/mol. The molecule has 3 nitrogen and oxygen atoms in total. The largest absolute Gasteiger partial charge is 0.494 e. The number of rotatable bonds is 2. The van der Waals surface area contributed by atoms with Gasteiger partial charge >= 0.3 is 7.12 Å². The van der Waals surface area contributed by atoms with Crippen molar-refractivity contribution in [1.29, 1.82) is 0 Å². The second-order valence-electron chi connectivity index (χ2n) is 5.30. The van der Waals surface area contributed by atoms with Crippen molar-refractivity contribution in [3.8, 4) is 0 Å². The van der Waals surface area contributed by atoms with Gasteiger partial charge in [-0.2, -0.15) is 0 Å². The van der Waals surface area contributed by atoms with Crippen LogP contribution in [0, 0.1) is 0 Å². The van der Waals surface area contributed by atoms with Crippen LogP contribution in [0.1, 0.15) is 47.2 Å². The Morgan fingerprint density at radius 3 is 2.16 bits per heavy atom. The first-order chi connectivity index (χ1) is 8.86. The summed E-state index contributed by atoms with van der Waals surface area (Å²) in [6, 6.07) is 3.48. The van der Waals surface area contributed by atoms with E-state index < -0.39 is 13.8 Å². The summed E-state index contributed by atoms with van der Waals surface area (Å²) in [5.41, 5.74) is 0.455. The second-order valence-corrected chi connectivity index (χ2v) is 5.30. The minimum absolute atomic E-state index is 0.378. The van der Waals surface area contributed by atoms with Crippen LogP contribution in [0.3, 0.4) is 0 Å². The highest BCUT2D eigenvalue weighted by atomic mass is 19.1. The highest BCUT2D eigenvalue weighted by molar-refractivity contribution is 6.62. The highest BCUT2D eigenvalue weighted by Gasteiger charge is 2.51. The smallest absolute Gasteiger partial charge is 0.399 e. The van der Waals surface area contributed by atoms with Crippen LogP contribution in [0.25, 0.3) is 0 Å². The fourth-order valence-corrected chi connectivity index (χ4v) is 1.70. The van der Waals surface area contributed by atoms with Crippen molar-refractivity contribution >= 4 is 12.6 Å². The molecule has 0 spiro atoms. The predicted octanol–water partition coefficient (Wildman–Crippen LogP) is 2.88. The van der Waals surface area contributed by atoms with E-state index in [9.17, 15) is 4.39 Å². The summed E-state index contributed by atoms with van der Waals surface area (Å²) in [6.07, 6.45) is 1.58. The summed E-state index contributed by atoms with van der Waals surface area (Å²) in [5.74, 6) is 0. The molecule has 0 aliphatic carbocycles. The van der Waals surface area contributed by atoms with E-state index in [0.717, 1.165) is 5.46 Å². The minimum Gasteiger partial charge on any atom is -0.399 e. The van der Waals surface area contributed by atoms with Gasteiger partial charge in [-0.15, -0.1) is 0 Å². The molecule has 1 saturated heterocycles. The lowest BCUT2D eigenvalue weighted by Gasteiger charge is -2.32. The zero-order valence-electron chi connectivity index (χ0n) is 12.7. The van der Waals surface area contributed by atoms with Gasteiger partial charge in [0, 0.05) is 6.20 Å². The molecule has 0 atom stereocenters. The molecule has 1 fully saturated rings. The van der Waals surface area contributed by atoms with Gasteiger partial charge in [0.1, 0.15) is 6.67 Å². The van der Waals surface area contributed by atoms with E-state index in [1.807, 2.05) is 41.5 Å². The molecule has 0 aromatic carbocycles. The first-order valence-corrected chi connectivity index (χ1v) is 6.72. The fourth-order valence-electron chi connectivity index (χ4n) is 1.70. The molecular formula is C14H23BFNO2. The molecule has 19 heavy (non-hydrogen) atoms. The lowest BCUT2D eigenvalue weighted by molar-refractivity contribution is 0.00578. The van der Waals surface area contributed by atoms with E-state index >= 15 is 0 Å². The Bertz CT molecular complexity index is 408. The van der Waals surface area contributed by atoms with Gasteiger partial charge in [0.25, 0.3) is 0 Å². The van der Waals surface area contributed by atoms with Crippen LogP contribution in [-0.4, -0.2) is 23.3 Å². The Labute approximate surface area is 115 Å². The predicted molar refractivity (Wildman–Crippen MR) is 76.1 cm³/mol. The lowest BCUT2D eigenvalue weighted by atomic mass is 9.79. The van der Waals surface area contributed by atoms with Crippen LogP contribution < -0.4 is 5.46 Å². The molecule has 1 aromatic rings. The lowest BCUT2D eigenvalue weighted by Crippen LogP contribution is -2.41. The summed E-state index contributed by atoms with van der Waals surface area (Å²) < 4.78 is 24.3. The summed E-state index contributed by atoms with van der Waals surface area (Å²) in [4.78, 5) is 3.92. The Morgan fingerprint density at radius 1 is 1.16 bits per heavy atom. The molecule has 0 amide bonds. The summed E-state index contributed by atoms with van der Waals surface area (Å²) in [7, 11) is -0.451. The van der Waals surface area contributed by atoms with Gasteiger partial charge < -0.3 is 9.31 Å². The van der Waals surface area contributed by atoms with Crippen LogP contribution in [0.5, 0.6) is 0 Å². The van der Waals surface area contributed by atoms with Gasteiger partial charge in [0.05, 0.1) is 16.9 Å². The fraction of sp³-hybridized carbons (Fsp3) is 0.643. The first-order valence-electron chi connectivity index (χ1n) is 6.72. The minimum atomic E-state index is -0.576. The Balaban J connectivity index is 0.000000861. The second kappa shape index (κ2) is 6.01. The normalized spacial score (nSPS) is 19.8. The molecule has 1 aliphatic rings. The summed E-state index contributed by atoms with van der Waals surface area (Å²) >= 11 is 0. The van der Waals surface area contributed by atoms with E-state index in [4.69, 9.17) is 9.31 Å². The van der Waals surface area contributed by atoms with Crippen molar-refractivity contribution in [3.05, 3.63) is 24.0 Å². The number of aromatic nitrogens is 1. The summed E-state index contributed by atoms with van der Waals surface area (Å²) in [5, 5.41) is 0.